The van der Waals surface area contributed by atoms with Gasteiger partial charge in [-0.2, -0.15) is 4.72 Å². The van der Waals surface area contributed by atoms with Crippen molar-refractivity contribution in [1.82, 2.24) is 4.72 Å². The van der Waals surface area contributed by atoms with E-state index >= 15 is 0 Å². The Labute approximate surface area is 144 Å². The summed E-state index contributed by atoms with van der Waals surface area (Å²) >= 11 is 0. The lowest BCUT2D eigenvalue weighted by Crippen LogP contribution is -2.34. The van der Waals surface area contributed by atoms with Gasteiger partial charge in [-0.05, 0) is 38.0 Å². The predicted octanol–water partition coefficient (Wildman–Crippen LogP) is 3.35. The molecule has 0 spiro atoms. The Balaban J connectivity index is 2.23. The van der Waals surface area contributed by atoms with Crippen LogP contribution in [0.15, 0.2) is 59.5 Å². The number of hydrogen-bond donors (Lipinski definition) is 1. The van der Waals surface area contributed by atoms with Crippen molar-refractivity contribution in [2.45, 2.75) is 30.9 Å². The van der Waals surface area contributed by atoms with Crippen molar-refractivity contribution in [2.24, 2.45) is 0 Å². The Morgan fingerprint density at radius 1 is 1.08 bits per heavy atom. The molecule has 1 N–H and O–H groups in total. The van der Waals surface area contributed by atoms with E-state index in [1.807, 2.05) is 37.3 Å². The summed E-state index contributed by atoms with van der Waals surface area (Å²) in [4.78, 5) is 0.150. The number of nitrogens with one attached hydrogen (secondary N) is 1. The molecule has 0 amide bonds. The van der Waals surface area contributed by atoms with Crippen LogP contribution in [0, 0.1) is 6.92 Å². The van der Waals surface area contributed by atoms with Crippen LogP contribution >= 0.6 is 8.03 Å². The smallest absolute Gasteiger partial charge is 0.241 e. The Bertz CT molecular complexity index is 776. The molecular formula is C17H22NO4PS. The van der Waals surface area contributed by atoms with Gasteiger partial charge in [0.15, 0.2) is 0 Å². The number of benzene rings is 2. The molecule has 0 saturated carbocycles. The summed E-state index contributed by atoms with van der Waals surface area (Å²) in [7, 11) is -6.33. The van der Waals surface area contributed by atoms with Gasteiger partial charge in [-0.3, -0.25) is 4.57 Å². The summed E-state index contributed by atoms with van der Waals surface area (Å²) in [5.41, 5.74) is 1.87. The fourth-order valence-corrected chi connectivity index (χ4v) is 5.07. The zero-order chi connectivity index (χ0) is 17.6. The van der Waals surface area contributed by atoms with Gasteiger partial charge in [0, 0.05) is 0 Å². The van der Waals surface area contributed by atoms with Crippen LogP contribution in [0.5, 0.6) is 0 Å². The molecule has 0 aliphatic carbocycles. The summed E-state index contributed by atoms with van der Waals surface area (Å²) in [6.07, 6.45) is 0.309. The molecule has 2 aromatic carbocycles. The number of sulfonamides is 1. The second-order valence-electron chi connectivity index (χ2n) is 5.43. The minimum absolute atomic E-state index is 0.150. The molecule has 0 bridgehead atoms. The van der Waals surface area contributed by atoms with Crippen LogP contribution in [-0.2, 0) is 25.5 Å². The molecule has 0 saturated heterocycles. The van der Waals surface area contributed by atoms with Gasteiger partial charge in [-0.25, -0.2) is 8.42 Å². The molecular weight excluding hydrogens is 345 g/mol. The summed E-state index contributed by atoms with van der Waals surface area (Å²) in [6.45, 7) is 3.89. The molecule has 2 aromatic rings. The van der Waals surface area contributed by atoms with Gasteiger partial charge in [0.1, 0.15) is 5.78 Å². The van der Waals surface area contributed by atoms with Gasteiger partial charge >= 0.3 is 0 Å². The fraction of sp³-hybridized carbons (Fsp3) is 0.294. The first-order chi connectivity index (χ1) is 11.4. The lowest BCUT2D eigenvalue weighted by atomic mass is 10.1. The second kappa shape index (κ2) is 8.58. The molecule has 130 valence electrons. The molecule has 0 aliphatic heterocycles. The molecule has 2 rings (SSSR count). The van der Waals surface area contributed by atoms with Crippen LogP contribution in [-0.4, -0.2) is 20.8 Å². The third kappa shape index (κ3) is 5.28. The predicted molar refractivity (Wildman–Crippen MR) is 96.1 cm³/mol. The summed E-state index contributed by atoms with van der Waals surface area (Å²) < 4.78 is 45.2. The fourth-order valence-electron chi connectivity index (χ4n) is 2.24. The molecule has 2 atom stereocenters. The normalized spacial score (nSPS) is 14.2. The molecule has 0 aromatic heterocycles. The monoisotopic (exact) mass is 367 g/mol. The maximum absolute atomic E-state index is 12.6. The Hall–Kier alpha value is -1.46. The van der Waals surface area contributed by atoms with Gasteiger partial charge in [0.2, 0.25) is 18.1 Å². The van der Waals surface area contributed by atoms with Crippen molar-refractivity contribution in [3.63, 3.8) is 0 Å². The van der Waals surface area contributed by atoms with E-state index in [9.17, 15) is 13.0 Å². The molecule has 0 aliphatic rings. The molecule has 5 nitrogen and oxygen atoms in total. The SMILES string of the molecule is CCO[P@@H](=O)[C@H](Cc1ccccc1)NS(=O)(=O)c1ccc(C)cc1. The first kappa shape index (κ1) is 18.9. The first-order valence-corrected chi connectivity index (χ1v) is 10.6. The molecule has 24 heavy (non-hydrogen) atoms. The highest BCUT2D eigenvalue weighted by atomic mass is 32.2. The van der Waals surface area contributed by atoms with Gasteiger partial charge in [-0.15, -0.1) is 0 Å². The minimum Gasteiger partial charge on any atom is -0.330 e. The van der Waals surface area contributed by atoms with E-state index in [4.69, 9.17) is 4.52 Å². The number of aryl methyl sites for hydroxylation is 1. The van der Waals surface area contributed by atoms with E-state index in [1.165, 1.54) is 12.1 Å². The van der Waals surface area contributed by atoms with E-state index in [-0.39, 0.29) is 11.5 Å². The van der Waals surface area contributed by atoms with Crippen LogP contribution in [0.25, 0.3) is 0 Å². The highest BCUT2D eigenvalue weighted by Crippen LogP contribution is 2.31. The molecule has 0 fully saturated rings. The van der Waals surface area contributed by atoms with Crippen LogP contribution in [0.4, 0.5) is 0 Å². The first-order valence-electron chi connectivity index (χ1n) is 7.72. The third-order valence-electron chi connectivity index (χ3n) is 3.48. The van der Waals surface area contributed by atoms with Crippen LogP contribution in [0.3, 0.4) is 0 Å². The zero-order valence-electron chi connectivity index (χ0n) is 13.7. The van der Waals surface area contributed by atoms with Crippen molar-refractivity contribution >= 4 is 18.1 Å². The molecule has 0 unspecified atom stereocenters. The van der Waals surface area contributed by atoms with E-state index < -0.39 is 23.8 Å². The van der Waals surface area contributed by atoms with Crippen LogP contribution in [0.1, 0.15) is 18.1 Å². The standard InChI is InChI=1S/C17H22NO4PS/c1-3-22-23(19)17(13-15-7-5-4-6-8-15)18-24(20,21)16-11-9-14(2)10-12-16/h4-12,17-18,23H,3,13H2,1-2H3/t17-/m1/s1. The molecule has 0 heterocycles. The average molecular weight is 367 g/mol. The highest BCUT2D eigenvalue weighted by molar-refractivity contribution is 7.89. The minimum atomic E-state index is -3.76. The highest BCUT2D eigenvalue weighted by Gasteiger charge is 2.25. The van der Waals surface area contributed by atoms with Gasteiger partial charge < -0.3 is 4.52 Å². The van der Waals surface area contributed by atoms with Crippen molar-refractivity contribution < 1.29 is 17.5 Å². The Kier molecular flexibility index (Phi) is 6.75. The van der Waals surface area contributed by atoms with Crippen molar-refractivity contribution in [3.05, 3.63) is 65.7 Å². The summed E-state index contributed by atoms with van der Waals surface area (Å²) in [6, 6.07) is 15.9. The lowest BCUT2D eigenvalue weighted by molar-refractivity contribution is 0.341. The van der Waals surface area contributed by atoms with Crippen molar-refractivity contribution in [2.75, 3.05) is 6.61 Å². The van der Waals surface area contributed by atoms with Gasteiger partial charge in [-0.1, -0.05) is 48.0 Å². The van der Waals surface area contributed by atoms with Gasteiger partial charge in [0.05, 0.1) is 11.5 Å². The summed E-state index contributed by atoms with van der Waals surface area (Å²) in [5.74, 6) is -0.788. The number of hydrogen-bond acceptors (Lipinski definition) is 4. The quantitative estimate of drug-likeness (QED) is 0.726. The van der Waals surface area contributed by atoms with E-state index in [1.54, 1.807) is 19.1 Å². The zero-order valence-corrected chi connectivity index (χ0v) is 15.5. The van der Waals surface area contributed by atoms with Gasteiger partial charge in [0.25, 0.3) is 0 Å². The maximum Gasteiger partial charge on any atom is 0.241 e. The Morgan fingerprint density at radius 3 is 2.29 bits per heavy atom. The van der Waals surface area contributed by atoms with E-state index in [2.05, 4.69) is 4.72 Å². The van der Waals surface area contributed by atoms with E-state index in [0.29, 0.717) is 6.42 Å². The molecule has 0 radical (unpaired) electrons. The van der Waals surface area contributed by atoms with Crippen LogP contribution < -0.4 is 4.72 Å². The van der Waals surface area contributed by atoms with Crippen molar-refractivity contribution in [3.8, 4) is 0 Å². The topological polar surface area (TPSA) is 72.5 Å². The third-order valence-corrected chi connectivity index (χ3v) is 6.67. The average Bonchev–Trinajstić information content (AvgIpc) is 2.55. The largest absolute Gasteiger partial charge is 0.330 e. The van der Waals surface area contributed by atoms with E-state index in [0.717, 1.165) is 11.1 Å². The maximum atomic E-state index is 12.6. The Morgan fingerprint density at radius 2 is 1.71 bits per heavy atom. The molecule has 7 heteroatoms. The lowest BCUT2D eigenvalue weighted by Gasteiger charge is -2.18. The van der Waals surface area contributed by atoms with Crippen LogP contribution in [0.2, 0.25) is 0 Å². The second-order valence-corrected chi connectivity index (χ2v) is 8.77. The van der Waals surface area contributed by atoms with Crippen molar-refractivity contribution in [1.29, 1.82) is 0 Å². The summed E-state index contributed by atoms with van der Waals surface area (Å²) in [5, 5.41) is 0. The number of rotatable bonds is 8.